The molecule has 0 saturated carbocycles. The van der Waals surface area contributed by atoms with Crippen LogP contribution in [-0.2, 0) is 6.42 Å². The van der Waals surface area contributed by atoms with Crippen LogP contribution in [0.3, 0.4) is 0 Å². The smallest absolute Gasteiger partial charge is 0.0651 e. The second-order valence-corrected chi connectivity index (χ2v) is 6.02. The van der Waals surface area contributed by atoms with E-state index in [0.717, 1.165) is 5.82 Å². The van der Waals surface area contributed by atoms with Crippen LogP contribution in [0.15, 0.2) is 30.3 Å². The highest BCUT2D eigenvalue weighted by molar-refractivity contribution is 6.42. The van der Waals surface area contributed by atoms with Gasteiger partial charge in [-0.1, -0.05) is 80.0 Å². The van der Waals surface area contributed by atoms with Crippen molar-refractivity contribution in [2.45, 2.75) is 56.1 Å². The highest BCUT2D eigenvalue weighted by atomic mass is 14.3. The average molecular weight is 212 g/mol. The third-order valence-electron chi connectivity index (χ3n) is 4.78. The minimum Gasteiger partial charge on any atom is -0.0651 e. The number of benzene rings is 1. The molecule has 2 saturated heterocycles. The van der Waals surface area contributed by atoms with Crippen LogP contribution >= 0.6 is 0 Å². The van der Waals surface area contributed by atoms with E-state index in [0.29, 0.717) is 5.31 Å². The van der Waals surface area contributed by atoms with Gasteiger partial charge in [0.1, 0.15) is 7.28 Å². The Hall–Kier alpha value is -0.715. The highest BCUT2D eigenvalue weighted by Gasteiger charge is 2.39. The van der Waals surface area contributed by atoms with Gasteiger partial charge in [0.15, 0.2) is 0 Å². The van der Waals surface area contributed by atoms with E-state index < -0.39 is 0 Å². The molecule has 0 spiro atoms. The molecule has 1 aromatic rings. The SMILES string of the molecule is B1C2CCCC1(Cc1ccccc1)CCC2. The molecule has 2 bridgehead atoms. The maximum atomic E-state index is 2.31. The van der Waals surface area contributed by atoms with Crippen LogP contribution in [0.25, 0.3) is 0 Å². The van der Waals surface area contributed by atoms with Crippen LogP contribution < -0.4 is 0 Å². The van der Waals surface area contributed by atoms with E-state index in [-0.39, 0.29) is 0 Å². The first kappa shape index (κ1) is 10.4. The summed E-state index contributed by atoms with van der Waals surface area (Å²) in [5, 5.41) is 0.683. The van der Waals surface area contributed by atoms with Gasteiger partial charge in [0.2, 0.25) is 0 Å². The molecule has 2 aliphatic heterocycles. The van der Waals surface area contributed by atoms with Gasteiger partial charge < -0.3 is 0 Å². The molecule has 0 unspecified atom stereocenters. The van der Waals surface area contributed by atoms with Crippen LogP contribution in [0, 0.1) is 0 Å². The predicted octanol–water partition coefficient (Wildman–Crippen LogP) is 3.98. The second kappa shape index (κ2) is 4.27. The van der Waals surface area contributed by atoms with Crippen molar-refractivity contribution in [2.75, 3.05) is 0 Å². The van der Waals surface area contributed by atoms with Crippen molar-refractivity contribution in [1.82, 2.24) is 0 Å². The van der Waals surface area contributed by atoms with E-state index in [2.05, 4.69) is 30.3 Å². The molecule has 3 rings (SSSR count). The van der Waals surface area contributed by atoms with Gasteiger partial charge in [-0.15, -0.1) is 0 Å². The molecule has 0 aliphatic carbocycles. The van der Waals surface area contributed by atoms with Crippen molar-refractivity contribution in [3.8, 4) is 0 Å². The molecule has 2 fully saturated rings. The van der Waals surface area contributed by atoms with Crippen LogP contribution in [0.4, 0.5) is 0 Å². The van der Waals surface area contributed by atoms with Crippen LogP contribution in [0.2, 0.25) is 11.1 Å². The van der Waals surface area contributed by atoms with Crippen molar-refractivity contribution in [3.63, 3.8) is 0 Å². The summed E-state index contributed by atoms with van der Waals surface area (Å²) in [6.45, 7) is 0. The summed E-state index contributed by atoms with van der Waals surface area (Å²) in [4.78, 5) is 0. The van der Waals surface area contributed by atoms with E-state index in [4.69, 9.17) is 0 Å². The third-order valence-corrected chi connectivity index (χ3v) is 4.78. The summed E-state index contributed by atoms with van der Waals surface area (Å²) in [6, 6.07) is 11.1. The van der Waals surface area contributed by atoms with Gasteiger partial charge in [-0.25, -0.2) is 0 Å². The highest BCUT2D eigenvalue weighted by Crippen LogP contribution is 2.52. The Morgan fingerprint density at radius 2 is 1.75 bits per heavy atom. The van der Waals surface area contributed by atoms with Crippen molar-refractivity contribution >= 4 is 7.28 Å². The molecule has 16 heavy (non-hydrogen) atoms. The van der Waals surface area contributed by atoms with E-state index in [9.17, 15) is 0 Å². The minimum absolute atomic E-state index is 0.683. The fourth-order valence-electron chi connectivity index (χ4n) is 4.10. The first-order chi connectivity index (χ1) is 7.86. The Morgan fingerprint density at radius 1 is 1.06 bits per heavy atom. The molecule has 2 heterocycles. The Morgan fingerprint density at radius 3 is 2.44 bits per heavy atom. The summed E-state index contributed by atoms with van der Waals surface area (Å²) in [5.74, 6) is 1.06. The lowest BCUT2D eigenvalue weighted by Gasteiger charge is -2.44. The zero-order chi connectivity index (χ0) is 10.8. The van der Waals surface area contributed by atoms with Crippen LogP contribution in [0.1, 0.15) is 44.1 Å². The maximum absolute atomic E-state index is 2.31. The largest absolute Gasteiger partial charge is 0.131 e. The summed E-state index contributed by atoms with van der Waals surface area (Å²) < 4.78 is 0. The monoisotopic (exact) mass is 212 g/mol. The summed E-state index contributed by atoms with van der Waals surface area (Å²) >= 11 is 0. The lowest BCUT2D eigenvalue weighted by molar-refractivity contribution is 0.347. The van der Waals surface area contributed by atoms with Gasteiger partial charge in [-0.3, -0.25) is 0 Å². The first-order valence-electron chi connectivity index (χ1n) is 6.90. The van der Waals surface area contributed by atoms with Gasteiger partial charge in [0, 0.05) is 0 Å². The molecule has 84 valence electrons. The van der Waals surface area contributed by atoms with E-state index >= 15 is 0 Å². The summed E-state index contributed by atoms with van der Waals surface area (Å²) in [5.41, 5.74) is 1.56. The number of fused-ring (bicyclic) bond motifs is 2. The molecule has 0 amide bonds. The first-order valence-corrected chi connectivity index (χ1v) is 6.90. The Balaban J connectivity index is 1.77. The fraction of sp³-hybridized carbons (Fsp3) is 0.600. The van der Waals surface area contributed by atoms with Gasteiger partial charge in [0.05, 0.1) is 0 Å². The van der Waals surface area contributed by atoms with Crippen LogP contribution in [0.5, 0.6) is 0 Å². The Kier molecular flexibility index (Phi) is 2.79. The Bertz CT molecular complexity index is 334. The second-order valence-electron chi connectivity index (χ2n) is 6.02. The number of rotatable bonds is 2. The summed E-state index contributed by atoms with van der Waals surface area (Å²) in [6.07, 6.45) is 10.3. The van der Waals surface area contributed by atoms with E-state index in [1.807, 2.05) is 0 Å². The molecule has 1 aromatic carbocycles. The topological polar surface area (TPSA) is 0 Å². The van der Waals surface area contributed by atoms with Crippen molar-refractivity contribution in [3.05, 3.63) is 35.9 Å². The minimum atomic E-state index is 0.683. The molecule has 2 aliphatic rings. The summed E-state index contributed by atoms with van der Waals surface area (Å²) in [7, 11) is 1.52. The normalized spacial score (nSPS) is 33.1. The van der Waals surface area contributed by atoms with Gasteiger partial charge in [0.25, 0.3) is 0 Å². The zero-order valence-electron chi connectivity index (χ0n) is 10.1. The molecule has 0 atom stereocenters. The van der Waals surface area contributed by atoms with Gasteiger partial charge >= 0.3 is 0 Å². The van der Waals surface area contributed by atoms with Gasteiger partial charge in [-0.2, -0.15) is 0 Å². The fourth-order valence-corrected chi connectivity index (χ4v) is 4.10. The van der Waals surface area contributed by atoms with E-state index in [1.54, 1.807) is 5.56 Å². The third kappa shape index (κ3) is 2.05. The molecule has 0 radical (unpaired) electrons. The quantitative estimate of drug-likeness (QED) is 0.650. The molecule has 0 aromatic heterocycles. The van der Waals surface area contributed by atoms with Crippen molar-refractivity contribution in [1.29, 1.82) is 0 Å². The Labute approximate surface area is 99.7 Å². The predicted molar refractivity (Wildman–Crippen MR) is 71.4 cm³/mol. The molecule has 1 heteroatoms. The molecule has 0 nitrogen and oxygen atoms in total. The van der Waals surface area contributed by atoms with Crippen molar-refractivity contribution in [2.24, 2.45) is 0 Å². The molecular formula is C15H21B. The maximum Gasteiger partial charge on any atom is 0.131 e. The molecule has 0 N–H and O–H groups in total. The van der Waals surface area contributed by atoms with E-state index in [1.165, 1.54) is 52.2 Å². The lowest BCUT2D eigenvalue weighted by atomic mass is 9.35. The number of hydrogen-bond donors (Lipinski definition) is 0. The van der Waals surface area contributed by atoms with Crippen molar-refractivity contribution < 1.29 is 0 Å². The number of hydrogen-bond acceptors (Lipinski definition) is 0. The molecular weight excluding hydrogens is 191 g/mol. The zero-order valence-corrected chi connectivity index (χ0v) is 10.1. The lowest BCUT2D eigenvalue weighted by Crippen LogP contribution is -2.34. The average Bonchev–Trinajstić information content (AvgIpc) is 2.30. The van der Waals surface area contributed by atoms with Gasteiger partial charge in [-0.05, 0) is 12.0 Å². The standard InChI is InChI=1S/C15H21B/c1-2-6-13(7-3-1)12-15-10-4-8-14(16-15)9-5-11-15/h1-3,6-7,14,16H,4-5,8-12H2. The van der Waals surface area contributed by atoms with Crippen LogP contribution in [-0.4, -0.2) is 7.28 Å².